The van der Waals surface area contributed by atoms with Crippen molar-refractivity contribution < 1.29 is 32.6 Å². The van der Waals surface area contributed by atoms with Gasteiger partial charge in [0.05, 0.1) is 11.4 Å². The number of rotatable bonds is 2. The van der Waals surface area contributed by atoms with Crippen LogP contribution in [0.25, 0.3) is 0 Å². The van der Waals surface area contributed by atoms with Crippen molar-refractivity contribution in [1.29, 1.82) is 0 Å². The van der Waals surface area contributed by atoms with Crippen LogP contribution in [0.3, 0.4) is 0 Å². The Bertz CT molecular complexity index is 708. The number of ether oxygens (including phenoxy) is 1. The molecule has 1 aromatic rings. The summed E-state index contributed by atoms with van der Waals surface area (Å²) in [6.45, 7) is 5.46. The van der Waals surface area contributed by atoms with Crippen molar-refractivity contribution in [3.63, 3.8) is 0 Å². The number of anilines is 1. The highest BCUT2D eigenvalue weighted by Gasteiger charge is 2.42. The molecule has 0 aromatic carbocycles. The van der Waals surface area contributed by atoms with E-state index in [0.29, 0.717) is 0 Å². The SMILES string of the molecule is CC(C)(C)OC(=O)N1CCC(O)(c2ncccc2NC(=O)C(F)(F)F)CC1. The predicted molar refractivity (Wildman–Crippen MR) is 89.9 cm³/mol. The molecule has 2 rings (SSSR count). The van der Waals surface area contributed by atoms with Gasteiger partial charge in [-0.05, 0) is 45.7 Å². The maximum absolute atomic E-state index is 12.5. The maximum atomic E-state index is 12.5. The molecule has 27 heavy (non-hydrogen) atoms. The van der Waals surface area contributed by atoms with Crippen LogP contribution in [0.4, 0.5) is 23.7 Å². The molecule has 0 atom stereocenters. The van der Waals surface area contributed by atoms with Gasteiger partial charge >= 0.3 is 18.2 Å². The number of nitrogens with zero attached hydrogens (tertiary/aromatic N) is 2. The van der Waals surface area contributed by atoms with Crippen LogP contribution >= 0.6 is 0 Å². The molecule has 2 N–H and O–H groups in total. The topological polar surface area (TPSA) is 91.8 Å². The second-order valence-electron chi connectivity index (χ2n) is 7.35. The molecule has 1 aromatic heterocycles. The zero-order valence-electron chi connectivity index (χ0n) is 15.3. The molecule has 2 amide bonds. The fourth-order valence-corrected chi connectivity index (χ4v) is 2.69. The lowest BCUT2D eigenvalue weighted by Gasteiger charge is -2.38. The van der Waals surface area contributed by atoms with Crippen LogP contribution < -0.4 is 5.32 Å². The minimum Gasteiger partial charge on any atom is -0.444 e. The Kier molecular flexibility index (Phi) is 5.69. The number of pyridine rings is 1. The molecule has 0 aliphatic carbocycles. The number of hydrogen-bond acceptors (Lipinski definition) is 5. The van der Waals surface area contributed by atoms with E-state index in [9.17, 15) is 27.9 Å². The van der Waals surface area contributed by atoms with Crippen molar-refractivity contribution in [2.45, 2.75) is 51.0 Å². The van der Waals surface area contributed by atoms with E-state index in [1.165, 1.54) is 23.2 Å². The lowest BCUT2D eigenvalue weighted by Crippen LogP contribution is -2.47. The Hall–Kier alpha value is -2.36. The zero-order chi connectivity index (χ0) is 20.5. The lowest BCUT2D eigenvalue weighted by atomic mass is 9.87. The molecule has 7 nitrogen and oxygen atoms in total. The fraction of sp³-hybridized carbons (Fsp3) is 0.588. The summed E-state index contributed by atoms with van der Waals surface area (Å²) in [5.41, 5.74) is -2.52. The first-order chi connectivity index (χ1) is 12.3. The summed E-state index contributed by atoms with van der Waals surface area (Å²) in [7, 11) is 0. The molecule has 150 valence electrons. The number of likely N-dealkylation sites (tertiary alicyclic amines) is 1. The van der Waals surface area contributed by atoms with Gasteiger partial charge in [0.25, 0.3) is 0 Å². The smallest absolute Gasteiger partial charge is 0.444 e. The van der Waals surface area contributed by atoms with Crippen LogP contribution in [0.15, 0.2) is 18.3 Å². The van der Waals surface area contributed by atoms with E-state index in [0.717, 1.165) is 0 Å². The minimum atomic E-state index is -5.06. The van der Waals surface area contributed by atoms with Gasteiger partial charge in [-0.15, -0.1) is 0 Å². The van der Waals surface area contributed by atoms with Gasteiger partial charge in [0.2, 0.25) is 0 Å². The minimum absolute atomic E-state index is 0.0398. The highest BCUT2D eigenvalue weighted by molar-refractivity contribution is 5.95. The quantitative estimate of drug-likeness (QED) is 0.812. The molecule has 1 saturated heterocycles. The van der Waals surface area contributed by atoms with Crippen molar-refractivity contribution in [3.8, 4) is 0 Å². The number of aromatic nitrogens is 1. The number of nitrogens with one attached hydrogen (secondary N) is 1. The van der Waals surface area contributed by atoms with Crippen LogP contribution in [-0.4, -0.2) is 51.9 Å². The third kappa shape index (κ3) is 5.31. The molecule has 1 aliphatic heterocycles. The molecule has 0 radical (unpaired) electrons. The van der Waals surface area contributed by atoms with Gasteiger partial charge in [0.1, 0.15) is 11.2 Å². The van der Waals surface area contributed by atoms with Gasteiger partial charge in [-0.3, -0.25) is 9.78 Å². The fourth-order valence-electron chi connectivity index (χ4n) is 2.69. The normalized spacial score (nSPS) is 17.4. The molecule has 0 bridgehead atoms. The molecule has 0 saturated carbocycles. The van der Waals surface area contributed by atoms with Crippen molar-refractivity contribution in [2.24, 2.45) is 0 Å². The van der Waals surface area contributed by atoms with Crippen LogP contribution in [-0.2, 0) is 15.1 Å². The second-order valence-corrected chi connectivity index (χ2v) is 7.35. The number of amides is 2. The largest absolute Gasteiger partial charge is 0.471 e. The highest BCUT2D eigenvalue weighted by Crippen LogP contribution is 2.36. The monoisotopic (exact) mass is 389 g/mol. The number of alkyl halides is 3. The molecular formula is C17H22F3N3O4. The lowest BCUT2D eigenvalue weighted by molar-refractivity contribution is -0.167. The second kappa shape index (κ2) is 7.34. The average molecular weight is 389 g/mol. The van der Waals surface area contributed by atoms with Crippen molar-refractivity contribution >= 4 is 17.7 Å². The van der Waals surface area contributed by atoms with E-state index in [-0.39, 0.29) is 37.3 Å². The first-order valence-electron chi connectivity index (χ1n) is 8.36. The third-order valence-electron chi connectivity index (χ3n) is 4.00. The predicted octanol–water partition coefficient (Wildman–Crippen LogP) is 2.80. The van der Waals surface area contributed by atoms with E-state index in [1.54, 1.807) is 26.1 Å². The van der Waals surface area contributed by atoms with Crippen LogP contribution in [0.5, 0.6) is 0 Å². The number of aliphatic hydroxyl groups is 1. The number of hydrogen-bond donors (Lipinski definition) is 2. The van der Waals surface area contributed by atoms with Gasteiger partial charge in [0, 0.05) is 19.3 Å². The number of piperidine rings is 1. The Morgan fingerprint density at radius 2 is 1.85 bits per heavy atom. The Morgan fingerprint density at radius 1 is 1.26 bits per heavy atom. The van der Waals surface area contributed by atoms with E-state index < -0.39 is 29.4 Å². The summed E-state index contributed by atoms with van der Waals surface area (Å²) < 4.78 is 42.9. The van der Waals surface area contributed by atoms with Crippen molar-refractivity contribution in [2.75, 3.05) is 18.4 Å². The third-order valence-corrected chi connectivity index (χ3v) is 4.00. The molecule has 1 aliphatic rings. The number of carbonyl (C=O) groups is 2. The standard InChI is InChI=1S/C17H22F3N3O4/c1-15(2,3)27-14(25)23-9-6-16(26,7-10-23)12-11(5-4-8-21-12)22-13(24)17(18,19)20/h4-5,8,26H,6-7,9-10H2,1-3H3,(H,22,24). The first kappa shape index (κ1) is 20.9. The Labute approximate surface area is 154 Å². The van der Waals surface area contributed by atoms with Crippen molar-refractivity contribution in [1.82, 2.24) is 9.88 Å². The number of halogens is 3. The Balaban J connectivity index is 2.14. The van der Waals surface area contributed by atoms with Crippen molar-refractivity contribution in [3.05, 3.63) is 24.0 Å². The zero-order valence-corrected chi connectivity index (χ0v) is 15.3. The summed E-state index contributed by atoms with van der Waals surface area (Å²) in [6.07, 6.45) is -4.20. The van der Waals surface area contributed by atoms with Gasteiger partial charge in [-0.2, -0.15) is 13.2 Å². The molecule has 2 heterocycles. The van der Waals surface area contributed by atoms with Crippen LogP contribution in [0.2, 0.25) is 0 Å². The number of carbonyl (C=O) groups excluding carboxylic acids is 2. The maximum Gasteiger partial charge on any atom is 0.471 e. The van der Waals surface area contributed by atoms with Gasteiger partial charge < -0.3 is 20.1 Å². The van der Waals surface area contributed by atoms with Crippen LogP contribution in [0, 0.1) is 0 Å². The molecule has 0 spiro atoms. The average Bonchev–Trinajstić information content (AvgIpc) is 2.53. The highest BCUT2D eigenvalue weighted by atomic mass is 19.4. The summed E-state index contributed by atoms with van der Waals surface area (Å²) in [6, 6.07) is 2.60. The summed E-state index contributed by atoms with van der Waals surface area (Å²) in [4.78, 5) is 28.7. The van der Waals surface area contributed by atoms with Gasteiger partial charge in [0.15, 0.2) is 0 Å². The molecule has 10 heteroatoms. The van der Waals surface area contributed by atoms with Gasteiger partial charge in [-0.1, -0.05) is 0 Å². The first-order valence-corrected chi connectivity index (χ1v) is 8.36. The van der Waals surface area contributed by atoms with Gasteiger partial charge in [-0.25, -0.2) is 4.79 Å². The van der Waals surface area contributed by atoms with Crippen LogP contribution in [0.1, 0.15) is 39.3 Å². The summed E-state index contributed by atoms with van der Waals surface area (Å²) in [5.74, 6) is -2.15. The van der Waals surface area contributed by atoms with E-state index in [2.05, 4.69) is 4.98 Å². The van der Waals surface area contributed by atoms with E-state index in [1.807, 2.05) is 0 Å². The molecule has 0 unspecified atom stereocenters. The summed E-state index contributed by atoms with van der Waals surface area (Å²) >= 11 is 0. The molecular weight excluding hydrogens is 367 g/mol. The summed E-state index contributed by atoms with van der Waals surface area (Å²) in [5, 5.41) is 12.6. The molecule has 1 fully saturated rings. The Morgan fingerprint density at radius 3 is 2.37 bits per heavy atom. The van der Waals surface area contributed by atoms with E-state index >= 15 is 0 Å². The van der Waals surface area contributed by atoms with E-state index in [4.69, 9.17) is 4.74 Å².